The maximum atomic E-state index is 13.2. The summed E-state index contributed by atoms with van der Waals surface area (Å²) in [4.78, 5) is 37.6. The van der Waals surface area contributed by atoms with E-state index in [-0.39, 0.29) is 22.4 Å². The summed E-state index contributed by atoms with van der Waals surface area (Å²) in [7, 11) is 0. The summed E-state index contributed by atoms with van der Waals surface area (Å²) in [5, 5.41) is 0. The quantitative estimate of drug-likeness (QED) is 0.628. The third-order valence-corrected chi connectivity index (χ3v) is 6.19. The molecule has 0 aromatic heterocycles. The number of ketones is 3. The molecule has 4 nitrogen and oxygen atoms in total. The Morgan fingerprint density at radius 3 is 1.96 bits per heavy atom. The van der Waals surface area contributed by atoms with Crippen LogP contribution in [0.3, 0.4) is 0 Å². The van der Waals surface area contributed by atoms with Gasteiger partial charge in [0.25, 0.3) is 0 Å². The van der Waals surface area contributed by atoms with Gasteiger partial charge in [-0.1, -0.05) is 27.7 Å². The van der Waals surface area contributed by atoms with Gasteiger partial charge in [-0.15, -0.1) is 0 Å². The van der Waals surface area contributed by atoms with Crippen LogP contribution in [-0.2, 0) is 19.1 Å². The highest BCUT2D eigenvalue weighted by molar-refractivity contribution is 5.91. The van der Waals surface area contributed by atoms with Crippen molar-refractivity contribution in [1.82, 2.24) is 0 Å². The van der Waals surface area contributed by atoms with Crippen molar-refractivity contribution in [3.05, 3.63) is 11.3 Å². The van der Waals surface area contributed by atoms with Crippen molar-refractivity contribution in [2.45, 2.75) is 97.5 Å². The Morgan fingerprint density at radius 2 is 1.27 bits per heavy atom. The summed E-state index contributed by atoms with van der Waals surface area (Å²) in [5.74, 6) is 1.62. The molecule has 2 aliphatic carbocycles. The lowest BCUT2D eigenvalue weighted by Crippen LogP contribution is -2.47. The normalized spacial score (nSPS) is 32.2. The van der Waals surface area contributed by atoms with E-state index in [1.165, 1.54) is 5.57 Å². The van der Waals surface area contributed by atoms with Gasteiger partial charge in [-0.25, -0.2) is 0 Å². The molecule has 0 aromatic rings. The Labute approximate surface area is 156 Å². The smallest absolute Gasteiger partial charge is 0.176 e. The number of hydrogen-bond donors (Lipinski definition) is 0. The van der Waals surface area contributed by atoms with Gasteiger partial charge in [-0.3, -0.25) is 14.4 Å². The summed E-state index contributed by atoms with van der Waals surface area (Å²) >= 11 is 0. The Bertz CT molecular complexity index is 668. The predicted octanol–water partition coefficient (Wildman–Crippen LogP) is 4.70. The van der Waals surface area contributed by atoms with Crippen LogP contribution >= 0.6 is 0 Å². The lowest BCUT2D eigenvalue weighted by molar-refractivity contribution is -0.150. The van der Waals surface area contributed by atoms with Crippen molar-refractivity contribution in [3.8, 4) is 0 Å². The van der Waals surface area contributed by atoms with Gasteiger partial charge in [-0.2, -0.15) is 0 Å². The van der Waals surface area contributed by atoms with Crippen molar-refractivity contribution in [2.24, 2.45) is 10.8 Å². The predicted molar refractivity (Wildman–Crippen MR) is 99.6 cm³/mol. The monoisotopic (exact) mass is 360 g/mol. The third kappa shape index (κ3) is 4.10. The molecule has 1 fully saturated rings. The molecule has 0 amide bonds. The van der Waals surface area contributed by atoms with Gasteiger partial charge in [0.2, 0.25) is 0 Å². The third-order valence-electron chi connectivity index (χ3n) is 6.19. The van der Waals surface area contributed by atoms with Crippen molar-refractivity contribution in [2.75, 3.05) is 0 Å². The van der Waals surface area contributed by atoms with Gasteiger partial charge in [0.15, 0.2) is 11.4 Å². The number of hydrogen-bond acceptors (Lipinski definition) is 4. The van der Waals surface area contributed by atoms with Crippen LogP contribution < -0.4 is 0 Å². The molecule has 0 bridgehead atoms. The summed E-state index contributed by atoms with van der Waals surface area (Å²) in [6.07, 6.45) is 5.79. The molecule has 1 unspecified atom stereocenters. The van der Waals surface area contributed by atoms with Crippen LogP contribution in [0, 0.1) is 10.8 Å². The molecule has 1 saturated carbocycles. The molecule has 1 atom stereocenters. The molecule has 0 saturated heterocycles. The Hall–Kier alpha value is -1.45. The highest BCUT2D eigenvalue weighted by atomic mass is 16.5. The van der Waals surface area contributed by atoms with E-state index in [9.17, 15) is 14.4 Å². The van der Waals surface area contributed by atoms with Crippen molar-refractivity contribution >= 4 is 17.3 Å². The molecule has 4 heteroatoms. The van der Waals surface area contributed by atoms with Gasteiger partial charge in [0, 0.05) is 44.9 Å². The molecular weight excluding hydrogens is 328 g/mol. The fourth-order valence-corrected chi connectivity index (χ4v) is 4.82. The molecule has 26 heavy (non-hydrogen) atoms. The van der Waals surface area contributed by atoms with Crippen LogP contribution in [-0.4, -0.2) is 23.0 Å². The van der Waals surface area contributed by atoms with E-state index >= 15 is 0 Å². The summed E-state index contributed by atoms with van der Waals surface area (Å²) < 4.78 is 6.48. The summed E-state index contributed by atoms with van der Waals surface area (Å²) in [5.41, 5.74) is -0.0918. The van der Waals surface area contributed by atoms with Gasteiger partial charge in [0.05, 0.1) is 5.76 Å². The minimum absolute atomic E-state index is 0.150. The zero-order chi connectivity index (χ0) is 19.2. The molecule has 3 rings (SSSR count). The molecule has 1 spiro atoms. The first kappa shape index (κ1) is 19.3. The molecular formula is C22H32O4. The number of Topliss-reactive ketones (excluding diaryl/α,β-unsaturated/α-hetero) is 3. The van der Waals surface area contributed by atoms with Crippen LogP contribution in [0.4, 0.5) is 0 Å². The van der Waals surface area contributed by atoms with Gasteiger partial charge < -0.3 is 4.74 Å². The summed E-state index contributed by atoms with van der Waals surface area (Å²) in [6, 6.07) is 0. The Balaban J connectivity index is 1.90. The topological polar surface area (TPSA) is 60.4 Å². The first-order valence-electron chi connectivity index (χ1n) is 9.97. The number of carbonyl (C=O) groups is 3. The Kier molecular flexibility index (Phi) is 4.91. The minimum Gasteiger partial charge on any atom is -0.484 e. The van der Waals surface area contributed by atoms with E-state index < -0.39 is 5.60 Å². The zero-order valence-electron chi connectivity index (χ0n) is 16.7. The summed E-state index contributed by atoms with van der Waals surface area (Å²) in [6.45, 7) is 8.19. The number of rotatable bonds is 0. The molecule has 0 aromatic carbocycles. The molecule has 0 N–H and O–H groups in total. The SMILES string of the molecule is CC1(C)CC(=O)CCC2(CCC3=C(CC(C)(C)CC(=O)CC3)O2)C(=O)C1. The van der Waals surface area contributed by atoms with E-state index in [1.54, 1.807) is 0 Å². The fourth-order valence-electron chi connectivity index (χ4n) is 4.82. The van der Waals surface area contributed by atoms with Crippen molar-refractivity contribution in [3.63, 3.8) is 0 Å². The van der Waals surface area contributed by atoms with E-state index in [1.807, 2.05) is 13.8 Å². The fraction of sp³-hybridized carbons (Fsp3) is 0.773. The highest BCUT2D eigenvalue weighted by Crippen LogP contribution is 2.46. The number of allylic oxidation sites excluding steroid dienone is 2. The second-order valence-corrected chi connectivity index (χ2v) is 10.2. The maximum absolute atomic E-state index is 13.2. The molecule has 144 valence electrons. The van der Waals surface area contributed by atoms with Crippen molar-refractivity contribution in [1.29, 1.82) is 0 Å². The Morgan fingerprint density at radius 1 is 0.692 bits per heavy atom. The average molecular weight is 360 g/mol. The molecule has 1 heterocycles. The second-order valence-electron chi connectivity index (χ2n) is 10.2. The van der Waals surface area contributed by atoms with E-state index in [0.29, 0.717) is 57.1 Å². The van der Waals surface area contributed by atoms with Crippen molar-refractivity contribution < 1.29 is 19.1 Å². The van der Waals surface area contributed by atoms with Crippen LogP contribution in [0.15, 0.2) is 11.3 Å². The van der Waals surface area contributed by atoms with E-state index in [0.717, 1.165) is 18.6 Å². The minimum atomic E-state index is -0.842. The average Bonchev–Trinajstić information content (AvgIpc) is 2.48. The second kappa shape index (κ2) is 6.61. The van der Waals surface area contributed by atoms with Crippen LogP contribution in [0.1, 0.15) is 91.9 Å². The highest BCUT2D eigenvalue weighted by Gasteiger charge is 2.48. The van der Waals surface area contributed by atoms with Crippen LogP contribution in [0.2, 0.25) is 0 Å². The van der Waals surface area contributed by atoms with E-state index in [4.69, 9.17) is 4.74 Å². The largest absolute Gasteiger partial charge is 0.484 e. The van der Waals surface area contributed by atoms with Crippen LogP contribution in [0.25, 0.3) is 0 Å². The van der Waals surface area contributed by atoms with E-state index in [2.05, 4.69) is 13.8 Å². The lowest BCUT2D eigenvalue weighted by atomic mass is 9.70. The molecule has 0 radical (unpaired) electrons. The van der Waals surface area contributed by atoms with Gasteiger partial charge in [0.1, 0.15) is 11.6 Å². The lowest BCUT2D eigenvalue weighted by Gasteiger charge is -2.43. The maximum Gasteiger partial charge on any atom is 0.176 e. The first-order chi connectivity index (χ1) is 12.0. The molecule has 3 aliphatic rings. The first-order valence-corrected chi connectivity index (χ1v) is 9.97. The van der Waals surface area contributed by atoms with Crippen LogP contribution in [0.5, 0.6) is 0 Å². The molecule has 1 aliphatic heterocycles. The number of carbonyl (C=O) groups excluding carboxylic acids is 3. The van der Waals surface area contributed by atoms with Gasteiger partial charge in [-0.05, 0) is 35.7 Å². The standard InChI is InChI=1S/C22H32O4/c1-20(2)11-16(23)6-5-15-7-9-22(26-18(15)13-20)10-8-17(24)12-21(3,4)14-19(22)25/h5-14H2,1-4H3. The number of ether oxygens (including phenoxy) is 1. The zero-order valence-corrected chi connectivity index (χ0v) is 16.7. The van der Waals surface area contributed by atoms with Gasteiger partial charge >= 0.3 is 0 Å².